The number of aliphatic hydroxyl groups is 1. The van der Waals surface area contributed by atoms with Gasteiger partial charge in [0.25, 0.3) is 0 Å². The third-order valence-corrected chi connectivity index (χ3v) is 2.16. The fourth-order valence-electron chi connectivity index (χ4n) is 1.01. The summed E-state index contributed by atoms with van der Waals surface area (Å²) in [6, 6.07) is 5.21. The van der Waals surface area contributed by atoms with Crippen molar-refractivity contribution in [2.75, 3.05) is 0 Å². The average molecular weight is 213 g/mol. The molecule has 0 fully saturated rings. The van der Waals surface area contributed by atoms with E-state index in [2.05, 4.69) is 12.6 Å². The second-order valence-corrected chi connectivity index (χ2v) is 3.42. The number of carboxylic acid groups (broad SMARTS) is 1. The molecule has 4 nitrogen and oxygen atoms in total. The van der Waals surface area contributed by atoms with Crippen LogP contribution in [0.1, 0.15) is 11.7 Å². The minimum absolute atomic E-state index is 0.470. The highest BCUT2D eigenvalue weighted by Crippen LogP contribution is 2.17. The van der Waals surface area contributed by atoms with Crippen molar-refractivity contribution in [2.24, 2.45) is 5.73 Å². The molecule has 0 aromatic heterocycles. The van der Waals surface area contributed by atoms with Crippen molar-refractivity contribution in [3.05, 3.63) is 29.8 Å². The van der Waals surface area contributed by atoms with E-state index >= 15 is 0 Å². The van der Waals surface area contributed by atoms with Crippen LogP contribution in [0, 0.1) is 0 Å². The molecule has 0 saturated carbocycles. The first-order valence-electron chi connectivity index (χ1n) is 3.97. The van der Waals surface area contributed by atoms with Crippen LogP contribution in [0.5, 0.6) is 0 Å². The maximum absolute atomic E-state index is 10.5. The smallest absolute Gasteiger partial charge is 0.323 e. The predicted octanol–water partition coefficient (Wildman–Crippen LogP) is 0.421. The molecule has 0 bridgehead atoms. The predicted molar refractivity (Wildman–Crippen MR) is 54.3 cm³/mol. The average Bonchev–Trinajstić information content (AvgIpc) is 2.16. The van der Waals surface area contributed by atoms with E-state index in [1.54, 1.807) is 24.3 Å². The van der Waals surface area contributed by atoms with Gasteiger partial charge in [0.05, 0.1) is 0 Å². The number of nitrogens with two attached hydrogens (primary N) is 1. The van der Waals surface area contributed by atoms with Crippen LogP contribution in [0.4, 0.5) is 0 Å². The monoisotopic (exact) mass is 213 g/mol. The molecule has 0 spiro atoms. The third-order valence-electron chi connectivity index (χ3n) is 1.86. The van der Waals surface area contributed by atoms with Gasteiger partial charge in [0.2, 0.25) is 0 Å². The van der Waals surface area contributed by atoms with Crippen LogP contribution in [-0.2, 0) is 4.79 Å². The first kappa shape index (κ1) is 11.0. The van der Waals surface area contributed by atoms with E-state index < -0.39 is 18.1 Å². The molecule has 0 radical (unpaired) electrons. The molecule has 0 heterocycles. The zero-order chi connectivity index (χ0) is 10.7. The van der Waals surface area contributed by atoms with Gasteiger partial charge in [-0.15, -0.1) is 12.6 Å². The van der Waals surface area contributed by atoms with Gasteiger partial charge < -0.3 is 15.9 Å². The van der Waals surface area contributed by atoms with Gasteiger partial charge in [-0.2, -0.15) is 0 Å². The van der Waals surface area contributed by atoms with Gasteiger partial charge in [0.15, 0.2) is 0 Å². The standard InChI is InChI=1S/C9H11NO3S/c10-7(9(12)13)8(11)5-1-3-6(14)4-2-5/h1-4,7-8,11,14H,10H2,(H,12,13)/t7-,8+/m0/s1. The zero-order valence-electron chi connectivity index (χ0n) is 7.29. The number of aliphatic hydroxyl groups excluding tert-OH is 1. The van der Waals surface area contributed by atoms with Gasteiger partial charge >= 0.3 is 5.97 Å². The summed E-state index contributed by atoms with van der Waals surface area (Å²) < 4.78 is 0. The normalized spacial score (nSPS) is 14.8. The molecule has 0 aliphatic heterocycles. The summed E-state index contributed by atoms with van der Waals surface area (Å²) in [4.78, 5) is 11.2. The largest absolute Gasteiger partial charge is 0.480 e. The van der Waals surface area contributed by atoms with Crippen LogP contribution >= 0.6 is 12.6 Å². The molecule has 14 heavy (non-hydrogen) atoms. The third kappa shape index (κ3) is 2.47. The van der Waals surface area contributed by atoms with E-state index in [0.717, 1.165) is 4.90 Å². The fraction of sp³-hybridized carbons (Fsp3) is 0.222. The quantitative estimate of drug-likeness (QED) is 0.548. The number of benzene rings is 1. The Hall–Kier alpha value is -1.04. The molecule has 0 aliphatic rings. The number of carbonyl (C=O) groups is 1. The molecule has 5 heteroatoms. The van der Waals surface area contributed by atoms with Crippen LogP contribution in [0.3, 0.4) is 0 Å². The summed E-state index contributed by atoms with van der Waals surface area (Å²) in [5.41, 5.74) is 5.73. The first-order valence-corrected chi connectivity index (χ1v) is 4.42. The Bertz CT molecular complexity index is 325. The minimum atomic E-state index is -1.30. The lowest BCUT2D eigenvalue weighted by molar-refractivity contribution is -0.141. The molecule has 1 aromatic carbocycles. The van der Waals surface area contributed by atoms with Gasteiger partial charge in [-0.05, 0) is 17.7 Å². The van der Waals surface area contributed by atoms with Gasteiger partial charge in [-0.1, -0.05) is 12.1 Å². The maximum Gasteiger partial charge on any atom is 0.323 e. The molecule has 0 saturated heterocycles. The van der Waals surface area contributed by atoms with E-state index in [1.165, 1.54) is 0 Å². The SMILES string of the molecule is N[C@H](C(=O)O)[C@H](O)c1ccc(S)cc1. The van der Waals surface area contributed by atoms with Crippen LogP contribution in [0.25, 0.3) is 0 Å². The zero-order valence-corrected chi connectivity index (χ0v) is 8.19. The summed E-state index contributed by atoms with van der Waals surface area (Å²) >= 11 is 4.06. The van der Waals surface area contributed by atoms with E-state index in [-0.39, 0.29) is 0 Å². The molecule has 1 rings (SSSR count). The highest BCUT2D eigenvalue weighted by molar-refractivity contribution is 7.80. The summed E-state index contributed by atoms with van der Waals surface area (Å²) in [6.07, 6.45) is -1.19. The van der Waals surface area contributed by atoms with E-state index in [1.807, 2.05) is 0 Å². The molecule has 4 N–H and O–H groups in total. The minimum Gasteiger partial charge on any atom is -0.480 e. The van der Waals surface area contributed by atoms with E-state index in [0.29, 0.717) is 5.56 Å². The summed E-state index contributed by atoms with van der Waals surface area (Å²) in [6.45, 7) is 0. The van der Waals surface area contributed by atoms with Gasteiger partial charge in [-0.25, -0.2) is 0 Å². The Labute approximate surface area is 86.8 Å². The maximum atomic E-state index is 10.5. The molecular formula is C9H11NO3S. The summed E-state index contributed by atoms with van der Waals surface area (Å²) in [7, 11) is 0. The number of aliphatic carboxylic acids is 1. The van der Waals surface area contributed by atoms with Crippen LogP contribution in [-0.4, -0.2) is 22.2 Å². The van der Waals surface area contributed by atoms with Gasteiger partial charge in [0.1, 0.15) is 12.1 Å². The summed E-state index contributed by atoms with van der Waals surface area (Å²) in [5, 5.41) is 18.1. The molecule has 0 unspecified atom stereocenters. The van der Waals surface area contributed by atoms with Crippen LogP contribution in [0.15, 0.2) is 29.2 Å². The van der Waals surface area contributed by atoms with Gasteiger partial charge in [-0.3, -0.25) is 4.79 Å². The number of hydrogen-bond acceptors (Lipinski definition) is 4. The van der Waals surface area contributed by atoms with Crippen LogP contribution in [0.2, 0.25) is 0 Å². The lowest BCUT2D eigenvalue weighted by Gasteiger charge is -2.14. The fourth-order valence-corrected chi connectivity index (χ4v) is 1.16. The summed E-state index contributed by atoms with van der Waals surface area (Å²) in [5.74, 6) is -1.23. The van der Waals surface area contributed by atoms with Crippen molar-refractivity contribution in [1.29, 1.82) is 0 Å². The molecule has 2 atom stereocenters. The number of rotatable bonds is 3. The first-order chi connectivity index (χ1) is 6.52. The highest BCUT2D eigenvalue weighted by atomic mass is 32.1. The van der Waals surface area contributed by atoms with Crippen molar-refractivity contribution in [3.63, 3.8) is 0 Å². The molecule has 0 amide bonds. The Morgan fingerprint density at radius 1 is 1.36 bits per heavy atom. The highest BCUT2D eigenvalue weighted by Gasteiger charge is 2.23. The lowest BCUT2D eigenvalue weighted by Crippen LogP contribution is -2.36. The molecular weight excluding hydrogens is 202 g/mol. The lowest BCUT2D eigenvalue weighted by atomic mass is 10.0. The second kappa shape index (κ2) is 4.45. The topological polar surface area (TPSA) is 83.6 Å². The van der Waals surface area contributed by atoms with Crippen LogP contribution < -0.4 is 5.73 Å². The van der Waals surface area contributed by atoms with Crippen molar-refractivity contribution >= 4 is 18.6 Å². The molecule has 1 aromatic rings. The second-order valence-electron chi connectivity index (χ2n) is 2.90. The Morgan fingerprint density at radius 2 is 1.86 bits per heavy atom. The van der Waals surface area contributed by atoms with E-state index in [4.69, 9.17) is 10.8 Å². The Balaban J connectivity index is 2.84. The Kier molecular flexibility index (Phi) is 3.51. The van der Waals surface area contributed by atoms with Crippen molar-refractivity contribution in [1.82, 2.24) is 0 Å². The van der Waals surface area contributed by atoms with E-state index in [9.17, 15) is 9.90 Å². The van der Waals surface area contributed by atoms with Gasteiger partial charge in [0, 0.05) is 4.90 Å². The molecule has 0 aliphatic carbocycles. The number of thiol groups is 1. The Morgan fingerprint density at radius 3 is 2.29 bits per heavy atom. The van der Waals surface area contributed by atoms with Crippen molar-refractivity contribution in [3.8, 4) is 0 Å². The molecule has 76 valence electrons. The number of hydrogen-bond donors (Lipinski definition) is 4. The van der Waals surface area contributed by atoms with Crippen molar-refractivity contribution in [2.45, 2.75) is 17.0 Å². The van der Waals surface area contributed by atoms with Crippen molar-refractivity contribution < 1.29 is 15.0 Å². The number of carboxylic acids is 1.